The van der Waals surface area contributed by atoms with Crippen LogP contribution in [0, 0.1) is 17.3 Å². The molecule has 0 saturated heterocycles. The van der Waals surface area contributed by atoms with Crippen LogP contribution in [0.15, 0.2) is 0 Å². The van der Waals surface area contributed by atoms with Gasteiger partial charge in [-0.15, -0.1) is 0 Å². The molecule has 7 heteroatoms. The van der Waals surface area contributed by atoms with Crippen LogP contribution in [-0.2, 0) is 9.53 Å². The molecule has 0 aromatic heterocycles. The van der Waals surface area contributed by atoms with E-state index in [2.05, 4.69) is 22.7 Å². The topological polar surface area (TPSA) is 87.7 Å². The summed E-state index contributed by atoms with van der Waals surface area (Å²) in [6, 6.07) is -0.396. The standard InChI is InChI=1S/C14H27IN2O4/c1-9(2)6-14(5,10(3)4)12(19)21-8-11(18)7-16-13(20)17-15/h9-11,18H,6-8H2,1-5H3,(H2,16,17,20). The van der Waals surface area contributed by atoms with E-state index in [-0.39, 0.29) is 25.0 Å². The highest BCUT2D eigenvalue weighted by molar-refractivity contribution is 14.1. The SMILES string of the molecule is CC(C)CC(C)(C(=O)OCC(O)CNC(=O)NI)C(C)C. The van der Waals surface area contributed by atoms with Gasteiger partial charge in [0, 0.05) is 6.54 Å². The predicted molar refractivity (Wildman–Crippen MR) is 89.9 cm³/mol. The average Bonchev–Trinajstić information content (AvgIpc) is 2.40. The van der Waals surface area contributed by atoms with E-state index < -0.39 is 17.6 Å². The molecule has 0 aliphatic carbocycles. The maximum atomic E-state index is 12.3. The van der Waals surface area contributed by atoms with E-state index in [1.54, 1.807) is 22.9 Å². The van der Waals surface area contributed by atoms with Crippen LogP contribution in [0.1, 0.15) is 41.0 Å². The molecule has 2 atom stereocenters. The molecule has 2 amide bonds. The first-order valence-corrected chi connectivity index (χ1v) is 8.21. The third-order valence-electron chi connectivity index (χ3n) is 3.56. The Labute approximate surface area is 140 Å². The quantitative estimate of drug-likeness (QED) is 0.323. The Kier molecular flexibility index (Phi) is 9.19. The van der Waals surface area contributed by atoms with Crippen LogP contribution >= 0.6 is 22.9 Å². The smallest absolute Gasteiger partial charge is 0.323 e. The van der Waals surface area contributed by atoms with Crippen molar-refractivity contribution in [2.45, 2.75) is 47.1 Å². The molecule has 0 fully saturated rings. The largest absolute Gasteiger partial charge is 0.462 e. The number of aliphatic hydroxyl groups is 1. The number of hydrogen-bond donors (Lipinski definition) is 3. The average molecular weight is 414 g/mol. The van der Waals surface area contributed by atoms with Crippen LogP contribution in [0.4, 0.5) is 4.79 Å². The number of aliphatic hydroxyl groups excluding tert-OH is 1. The van der Waals surface area contributed by atoms with Crippen molar-refractivity contribution >= 4 is 34.9 Å². The van der Waals surface area contributed by atoms with Crippen molar-refractivity contribution in [1.29, 1.82) is 0 Å². The Morgan fingerprint density at radius 2 is 1.86 bits per heavy atom. The highest BCUT2D eigenvalue weighted by Crippen LogP contribution is 2.35. The van der Waals surface area contributed by atoms with Crippen molar-refractivity contribution in [1.82, 2.24) is 8.85 Å². The predicted octanol–water partition coefficient (Wildman–Crippen LogP) is 2.25. The number of carbonyl (C=O) groups is 2. The monoisotopic (exact) mass is 414 g/mol. The highest BCUT2D eigenvalue weighted by Gasteiger charge is 2.38. The van der Waals surface area contributed by atoms with Crippen LogP contribution in [0.2, 0.25) is 0 Å². The van der Waals surface area contributed by atoms with Gasteiger partial charge in [0.2, 0.25) is 0 Å². The lowest BCUT2D eigenvalue weighted by atomic mass is 9.73. The number of nitrogens with one attached hydrogen (secondary N) is 2. The Bertz CT molecular complexity index is 350. The minimum atomic E-state index is -0.918. The second-order valence-corrected chi connectivity index (χ2v) is 6.77. The van der Waals surface area contributed by atoms with E-state index in [4.69, 9.17) is 4.74 Å². The van der Waals surface area contributed by atoms with Crippen LogP contribution in [-0.4, -0.2) is 36.4 Å². The molecule has 0 aromatic rings. The summed E-state index contributed by atoms with van der Waals surface area (Å²) in [7, 11) is 0. The second-order valence-electron chi connectivity index (χ2n) is 6.23. The first-order chi connectivity index (χ1) is 9.63. The third kappa shape index (κ3) is 7.30. The summed E-state index contributed by atoms with van der Waals surface area (Å²) >= 11 is 1.69. The Hall–Kier alpha value is -0.570. The van der Waals surface area contributed by atoms with E-state index in [1.165, 1.54) is 0 Å². The van der Waals surface area contributed by atoms with Crippen molar-refractivity contribution < 1.29 is 19.4 Å². The Balaban J connectivity index is 4.41. The molecule has 21 heavy (non-hydrogen) atoms. The molecular weight excluding hydrogens is 387 g/mol. The molecule has 0 rings (SSSR count). The summed E-state index contributed by atoms with van der Waals surface area (Å²) in [5, 5.41) is 12.2. The summed E-state index contributed by atoms with van der Waals surface area (Å²) < 4.78 is 7.58. The van der Waals surface area contributed by atoms with Gasteiger partial charge in [0.25, 0.3) is 0 Å². The maximum Gasteiger partial charge on any atom is 0.323 e. The number of esters is 1. The lowest BCUT2D eigenvalue weighted by molar-refractivity contribution is -0.161. The molecule has 0 radical (unpaired) electrons. The molecule has 0 aliphatic rings. The molecule has 2 unspecified atom stereocenters. The zero-order chi connectivity index (χ0) is 16.6. The van der Waals surface area contributed by atoms with Crippen molar-refractivity contribution in [3.8, 4) is 0 Å². The van der Waals surface area contributed by atoms with E-state index in [9.17, 15) is 14.7 Å². The summed E-state index contributed by atoms with van der Waals surface area (Å²) in [5.74, 6) is 0.222. The number of rotatable bonds is 8. The first-order valence-electron chi connectivity index (χ1n) is 7.13. The van der Waals surface area contributed by atoms with Crippen LogP contribution in [0.25, 0.3) is 0 Å². The molecule has 0 bridgehead atoms. The van der Waals surface area contributed by atoms with E-state index in [0.29, 0.717) is 5.92 Å². The summed E-state index contributed by atoms with van der Waals surface area (Å²) in [4.78, 5) is 23.3. The second kappa shape index (κ2) is 9.45. The van der Waals surface area contributed by atoms with Crippen molar-refractivity contribution in [2.24, 2.45) is 17.3 Å². The molecule has 0 aromatic carbocycles. The minimum absolute atomic E-state index is 0.0324. The third-order valence-corrected chi connectivity index (χ3v) is 4.05. The fraction of sp³-hybridized carbons (Fsp3) is 0.857. The number of carbonyl (C=O) groups excluding carboxylic acids is 2. The zero-order valence-corrected chi connectivity index (χ0v) is 15.6. The first kappa shape index (κ1) is 20.4. The van der Waals surface area contributed by atoms with Crippen LogP contribution < -0.4 is 8.85 Å². The van der Waals surface area contributed by atoms with Gasteiger partial charge in [0.15, 0.2) is 0 Å². The molecule has 3 N–H and O–H groups in total. The zero-order valence-electron chi connectivity index (χ0n) is 13.4. The lowest BCUT2D eigenvalue weighted by Gasteiger charge is -2.33. The Morgan fingerprint density at radius 3 is 2.29 bits per heavy atom. The summed E-state index contributed by atoms with van der Waals surface area (Å²) in [6.07, 6.45) is -0.187. The van der Waals surface area contributed by atoms with Crippen LogP contribution in [0.3, 0.4) is 0 Å². The van der Waals surface area contributed by atoms with Gasteiger partial charge in [-0.05, 0) is 25.2 Å². The number of amides is 2. The minimum Gasteiger partial charge on any atom is -0.462 e. The Morgan fingerprint density at radius 1 is 1.29 bits per heavy atom. The van der Waals surface area contributed by atoms with E-state index in [0.717, 1.165) is 6.42 Å². The van der Waals surface area contributed by atoms with E-state index >= 15 is 0 Å². The maximum absolute atomic E-state index is 12.3. The van der Waals surface area contributed by atoms with Crippen molar-refractivity contribution in [3.05, 3.63) is 0 Å². The van der Waals surface area contributed by atoms with Gasteiger partial charge >= 0.3 is 12.0 Å². The van der Waals surface area contributed by atoms with Gasteiger partial charge < -0.3 is 15.2 Å². The summed E-state index contributed by atoms with van der Waals surface area (Å²) in [5.41, 5.74) is -0.569. The molecule has 0 spiro atoms. The van der Waals surface area contributed by atoms with Gasteiger partial charge in [-0.1, -0.05) is 27.7 Å². The van der Waals surface area contributed by atoms with Gasteiger partial charge in [-0.2, -0.15) is 0 Å². The number of halogens is 1. The van der Waals surface area contributed by atoms with Gasteiger partial charge in [-0.3, -0.25) is 8.32 Å². The van der Waals surface area contributed by atoms with Crippen LogP contribution in [0.5, 0.6) is 0 Å². The van der Waals surface area contributed by atoms with Gasteiger partial charge in [0.05, 0.1) is 28.3 Å². The number of urea groups is 1. The fourth-order valence-electron chi connectivity index (χ4n) is 2.04. The molecule has 6 nitrogen and oxygen atoms in total. The molecular formula is C14H27IN2O4. The van der Waals surface area contributed by atoms with Gasteiger partial charge in [-0.25, -0.2) is 4.79 Å². The number of ether oxygens (including phenoxy) is 1. The molecule has 0 heterocycles. The molecule has 0 saturated carbocycles. The van der Waals surface area contributed by atoms with Gasteiger partial charge in [0.1, 0.15) is 12.7 Å². The molecule has 124 valence electrons. The van der Waals surface area contributed by atoms with Crippen molar-refractivity contribution in [2.75, 3.05) is 13.2 Å². The van der Waals surface area contributed by atoms with Crippen molar-refractivity contribution in [3.63, 3.8) is 0 Å². The summed E-state index contributed by atoms with van der Waals surface area (Å²) in [6.45, 7) is 9.92. The van der Waals surface area contributed by atoms with E-state index in [1.807, 2.05) is 20.8 Å². The number of hydrogen-bond acceptors (Lipinski definition) is 4. The fourth-order valence-corrected chi connectivity index (χ4v) is 2.23. The normalized spacial score (nSPS) is 15.5. The highest BCUT2D eigenvalue weighted by atomic mass is 127. The lowest BCUT2D eigenvalue weighted by Crippen LogP contribution is -2.41. The molecule has 0 aliphatic heterocycles.